The highest BCUT2D eigenvalue weighted by molar-refractivity contribution is 5.98. The molecule has 0 aromatic heterocycles. The molecule has 2 aliphatic rings. The number of anilines is 1. The minimum absolute atomic E-state index is 0.372. The second-order valence-corrected chi connectivity index (χ2v) is 6.72. The van der Waals surface area contributed by atoms with E-state index in [9.17, 15) is 4.79 Å². The Bertz CT molecular complexity index is 877. The molecule has 28 heavy (non-hydrogen) atoms. The molecule has 0 amide bonds. The number of carbonyl (C=O) groups excluding carboxylic acids is 1. The van der Waals surface area contributed by atoms with Gasteiger partial charge in [0.15, 0.2) is 17.7 Å². The molecule has 1 fully saturated rings. The Kier molecular flexibility index (Phi) is 5.00. The van der Waals surface area contributed by atoms with Crippen molar-refractivity contribution in [2.24, 2.45) is 0 Å². The first-order chi connectivity index (χ1) is 13.7. The highest BCUT2D eigenvalue weighted by Crippen LogP contribution is 2.43. The molecule has 2 aliphatic heterocycles. The quantitative estimate of drug-likeness (QED) is 0.735. The molecule has 0 unspecified atom stereocenters. The van der Waals surface area contributed by atoms with Gasteiger partial charge in [-0.05, 0) is 24.3 Å². The molecule has 7 heteroatoms. The van der Waals surface area contributed by atoms with Crippen molar-refractivity contribution in [1.29, 1.82) is 0 Å². The molecule has 1 saturated heterocycles. The molecular formula is C21H24N2O5. The van der Waals surface area contributed by atoms with Crippen LogP contribution in [-0.4, -0.2) is 58.4 Å². The van der Waals surface area contributed by atoms with Crippen LogP contribution in [0.5, 0.6) is 17.2 Å². The van der Waals surface area contributed by atoms with Gasteiger partial charge < -0.3 is 23.8 Å². The van der Waals surface area contributed by atoms with Crippen molar-refractivity contribution < 1.29 is 23.7 Å². The minimum atomic E-state index is -0.401. The number of fused-ring (bicyclic) bond motifs is 1. The number of benzene rings is 2. The van der Waals surface area contributed by atoms with Crippen LogP contribution in [0, 0.1) is 0 Å². The number of para-hydroxylation sites is 2. The molecule has 148 valence electrons. The molecule has 0 bridgehead atoms. The molecule has 2 aromatic carbocycles. The molecule has 0 aliphatic carbocycles. The number of rotatable bonds is 5. The Hall–Kier alpha value is -2.93. The predicted molar refractivity (Wildman–Crippen MR) is 104 cm³/mol. The van der Waals surface area contributed by atoms with Crippen molar-refractivity contribution >= 4 is 11.7 Å². The van der Waals surface area contributed by atoms with Crippen LogP contribution in [0.15, 0.2) is 36.4 Å². The molecule has 7 nitrogen and oxygen atoms in total. The summed E-state index contributed by atoms with van der Waals surface area (Å²) in [6, 6.07) is 11.7. The van der Waals surface area contributed by atoms with Crippen molar-refractivity contribution in [3.63, 3.8) is 0 Å². The first-order valence-corrected chi connectivity index (χ1v) is 9.25. The molecule has 0 radical (unpaired) electrons. The summed E-state index contributed by atoms with van der Waals surface area (Å²) in [7, 11) is 4.77. The lowest BCUT2D eigenvalue weighted by Gasteiger charge is -2.38. The summed E-state index contributed by atoms with van der Waals surface area (Å²) in [5, 5.41) is 0. The summed E-state index contributed by atoms with van der Waals surface area (Å²) in [4.78, 5) is 17.0. The summed E-state index contributed by atoms with van der Waals surface area (Å²) in [5.74, 6) is 1.45. The van der Waals surface area contributed by atoms with Gasteiger partial charge in [0.25, 0.3) is 0 Å². The summed E-state index contributed by atoms with van der Waals surface area (Å²) in [6.07, 6.45) is -0.401. The number of piperazine rings is 1. The molecular weight excluding hydrogens is 360 g/mol. The zero-order chi connectivity index (χ0) is 19.7. The summed E-state index contributed by atoms with van der Waals surface area (Å²) in [6.45, 7) is 3.17. The van der Waals surface area contributed by atoms with Gasteiger partial charge in [0.05, 0.1) is 27.0 Å². The highest BCUT2D eigenvalue weighted by atomic mass is 16.6. The zero-order valence-corrected chi connectivity index (χ0v) is 16.3. The van der Waals surface area contributed by atoms with Gasteiger partial charge in [-0.15, -0.1) is 0 Å². The van der Waals surface area contributed by atoms with E-state index in [0.29, 0.717) is 17.1 Å². The third kappa shape index (κ3) is 3.01. The molecule has 0 spiro atoms. The first kappa shape index (κ1) is 18.4. The standard InChI is InChI=1S/C21H24N2O5/c1-25-16-7-5-4-6-15(16)22-10-12-23(13-11-22)20-14-8-9-17(26-2)19(27-3)18(14)21(24)28-20/h4-9,20H,10-13H2,1-3H3/t20-/m0/s1. The number of hydrogen-bond donors (Lipinski definition) is 0. The average molecular weight is 384 g/mol. The zero-order valence-electron chi connectivity index (χ0n) is 16.3. The van der Waals surface area contributed by atoms with E-state index in [0.717, 1.165) is 43.2 Å². The van der Waals surface area contributed by atoms with Crippen LogP contribution in [0.2, 0.25) is 0 Å². The van der Waals surface area contributed by atoms with Crippen LogP contribution in [-0.2, 0) is 4.74 Å². The third-order valence-corrected chi connectivity index (χ3v) is 5.34. The number of nitrogens with zero attached hydrogens (tertiary/aromatic N) is 2. The van der Waals surface area contributed by atoms with Crippen LogP contribution in [0.4, 0.5) is 5.69 Å². The lowest BCUT2D eigenvalue weighted by molar-refractivity contribution is -0.0251. The van der Waals surface area contributed by atoms with E-state index in [2.05, 4.69) is 15.9 Å². The van der Waals surface area contributed by atoms with Gasteiger partial charge in [-0.1, -0.05) is 12.1 Å². The van der Waals surface area contributed by atoms with Gasteiger partial charge in [0.2, 0.25) is 0 Å². The number of methoxy groups -OCH3 is 3. The average Bonchev–Trinajstić information content (AvgIpc) is 3.09. The van der Waals surface area contributed by atoms with Gasteiger partial charge >= 0.3 is 5.97 Å². The van der Waals surface area contributed by atoms with Gasteiger partial charge in [-0.3, -0.25) is 4.90 Å². The third-order valence-electron chi connectivity index (χ3n) is 5.34. The highest BCUT2D eigenvalue weighted by Gasteiger charge is 2.40. The van der Waals surface area contributed by atoms with Gasteiger partial charge in [0.1, 0.15) is 11.3 Å². The monoisotopic (exact) mass is 384 g/mol. The Morgan fingerprint density at radius 3 is 2.29 bits per heavy atom. The van der Waals surface area contributed by atoms with Crippen molar-refractivity contribution in [3.8, 4) is 17.2 Å². The second-order valence-electron chi connectivity index (χ2n) is 6.72. The lowest BCUT2D eigenvalue weighted by atomic mass is 10.1. The number of esters is 1. The number of cyclic esters (lactones) is 1. The Labute approximate surface area is 164 Å². The second kappa shape index (κ2) is 7.59. The van der Waals surface area contributed by atoms with E-state index >= 15 is 0 Å². The van der Waals surface area contributed by atoms with E-state index in [-0.39, 0.29) is 5.97 Å². The predicted octanol–water partition coefficient (Wildman–Crippen LogP) is 2.70. The van der Waals surface area contributed by atoms with E-state index in [1.54, 1.807) is 14.2 Å². The summed E-state index contributed by atoms with van der Waals surface area (Å²) >= 11 is 0. The van der Waals surface area contributed by atoms with Crippen LogP contribution < -0.4 is 19.1 Å². The Balaban J connectivity index is 1.53. The molecule has 1 atom stereocenters. The molecule has 2 aromatic rings. The Morgan fingerprint density at radius 1 is 0.893 bits per heavy atom. The van der Waals surface area contributed by atoms with Gasteiger partial charge in [-0.2, -0.15) is 0 Å². The topological polar surface area (TPSA) is 60.5 Å². The fourth-order valence-corrected chi connectivity index (χ4v) is 3.94. The molecule has 4 rings (SSSR count). The van der Waals surface area contributed by atoms with E-state index < -0.39 is 6.23 Å². The maximum absolute atomic E-state index is 12.5. The number of ether oxygens (including phenoxy) is 4. The van der Waals surface area contributed by atoms with Crippen molar-refractivity contribution in [1.82, 2.24) is 4.90 Å². The smallest absolute Gasteiger partial charge is 0.344 e. The first-order valence-electron chi connectivity index (χ1n) is 9.25. The maximum atomic E-state index is 12.5. The van der Waals surface area contributed by atoms with Crippen molar-refractivity contribution in [2.45, 2.75) is 6.23 Å². The summed E-state index contributed by atoms with van der Waals surface area (Å²) < 4.78 is 21.9. The SMILES string of the molecule is COc1ccccc1N1CCN([C@H]2OC(=O)c3c2ccc(OC)c3OC)CC1. The van der Waals surface area contributed by atoms with Crippen LogP contribution >= 0.6 is 0 Å². The lowest BCUT2D eigenvalue weighted by Crippen LogP contribution is -2.47. The minimum Gasteiger partial charge on any atom is -0.495 e. The molecule has 2 heterocycles. The van der Waals surface area contributed by atoms with Crippen molar-refractivity contribution in [2.75, 3.05) is 52.4 Å². The molecule has 0 saturated carbocycles. The molecule has 0 N–H and O–H groups in total. The maximum Gasteiger partial charge on any atom is 0.344 e. The fourth-order valence-electron chi connectivity index (χ4n) is 3.94. The van der Waals surface area contributed by atoms with Gasteiger partial charge in [0, 0.05) is 31.7 Å². The van der Waals surface area contributed by atoms with Crippen LogP contribution in [0.3, 0.4) is 0 Å². The summed E-state index contributed by atoms with van der Waals surface area (Å²) in [5.41, 5.74) is 2.37. The Morgan fingerprint density at radius 2 is 1.61 bits per heavy atom. The van der Waals surface area contributed by atoms with E-state index in [1.165, 1.54) is 7.11 Å². The normalized spacial score (nSPS) is 19.2. The van der Waals surface area contributed by atoms with E-state index in [4.69, 9.17) is 18.9 Å². The van der Waals surface area contributed by atoms with E-state index in [1.807, 2.05) is 30.3 Å². The van der Waals surface area contributed by atoms with Gasteiger partial charge in [-0.25, -0.2) is 4.79 Å². The largest absolute Gasteiger partial charge is 0.495 e. The number of hydrogen-bond acceptors (Lipinski definition) is 7. The fraction of sp³-hybridized carbons (Fsp3) is 0.381. The van der Waals surface area contributed by atoms with Crippen LogP contribution in [0.25, 0.3) is 0 Å². The van der Waals surface area contributed by atoms with Crippen LogP contribution in [0.1, 0.15) is 22.1 Å². The number of carbonyl (C=O) groups is 1. The van der Waals surface area contributed by atoms with Crippen molar-refractivity contribution in [3.05, 3.63) is 47.5 Å².